The van der Waals surface area contributed by atoms with Crippen LogP contribution in [0.5, 0.6) is 0 Å². The standard InChI is InChI=1S/C5H12O3P2/c1-2-4(5(6)7)3-8-10-9/h4,10H,2-3,9H2,1H3,(H,6,7). The lowest BCUT2D eigenvalue weighted by molar-refractivity contribution is -0.142. The average molecular weight is 182 g/mol. The highest BCUT2D eigenvalue weighted by Gasteiger charge is 2.13. The van der Waals surface area contributed by atoms with E-state index in [4.69, 9.17) is 9.63 Å². The first kappa shape index (κ1) is 10.3. The highest BCUT2D eigenvalue weighted by Crippen LogP contribution is 2.22. The minimum atomic E-state index is -0.772. The summed E-state index contributed by atoms with van der Waals surface area (Å²) >= 11 is 0. The Hall–Kier alpha value is 0.290. The fraction of sp³-hybridized carbons (Fsp3) is 0.800. The van der Waals surface area contributed by atoms with Gasteiger partial charge in [0.25, 0.3) is 0 Å². The van der Waals surface area contributed by atoms with Gasteiger partial charge in [0.1, 0.15) is 0 Å². The van der Waals surface area contributed by atoms with Crippen molar-refractivity contribution in [3.8, 4) is 0 Å². The summed E-state index contributed by atoms with van der Waals surface area (Å²) < 4.78 is 4.96. The van der Waals surface area contributed by atoms with E-state index in [2.05, 4.69) is 8.93 Å². The van der Waals surface area contributed by atoms with Crippen molar-refractivity contribution in [2.45, 2.75) is 13.3 Å². The molecule has 0 aliphatic rings. The summed E-state index contributed by atoms with van der Waals surface area (Å²) in [7, 11) is 2.71. The lowest BCUT2D eigenvalue weighted by atomic mass is 10.1. The molecule has 0 radical (unpaired) electrons. The van der Waals surface area contributed by atoms with Gasteiger partial charge in [-0.3, -0.25) is 4.79 Å². The summed E-state index contributed by atoms with van der Waals surface area (Å²) in [5.74, 6) is -1.11. The maximum absolute atomic E-state index is 10.4. The molecule has 3 atom stereocenters. The third-order valence-electron chi connectivity index (χ3n) is 1.21. The second-order valence-corrected chi connectivity index (χ2v) is 3.10. The molecule has 3 nitrogen and oxygen atoms in total. The monoisotopic (exact) mass is 182 g/mol. The number of carbonyl (C=O) groups is 1. The molecule has 0 fully saturated rings. The van der Waals surface area contributed by atoms with Gasteiger partial charge < -0.3 is 9.63 Å². The predicted molar refractivity (Wildman–Crippen MR) is 45.4 cm³/mol. The van der Waals surface area contributed by atoms with E-state index in [1.165, 1.54) is 0 Å². The molecule has 0 aromatic heterocycles. The van der Waals surface area contributed by atoms with E-state index in [0.717, 1.165) is 0 Å². The van der Waals surface area contributed by atoms with Crippen molar-refractivity contribution in [1.82, 2.24) is 0 Å². The molecule has 0 aliphatic carbocycles. The molecule has 0 heterocycles. The second kappa shape index (κ2) is 6.03. The van der Waals surface area contributed by atoms with E-state index < -0.39 is 5.97 Å². The van der Waals surface area contributed by atoms with Crippen LogP contribution in [-0.2, 0) is 9.32 Å². The summed E-state index contributed by atoms with van der Waals surface area (Å²) in [6.07, 6.45) is 0.629. The van der Waals surface area contributed by atoms with Crippen LogP contribution in [0.15, 0.2) is 0 Å². The van der Waals surface area contributed by atoms with Gasteiger partial charge in [-0.05, 0) is 6.42 Å². The molecule has 0 saturated carbocycles. The van der Waals surface area contributed by atoms with Crippen molar-refractivity contribution in [3.05, 3.63) is 0 Å². The third kappa shape index (κ3) is 4.16. The Kier molecular flexibility index (Phi) is 6.20. The minimum Gasteiger partial charge on any atom is -0.481 e. The molecular formula is C5H12O3P2. The number of rotatable bonds is 5. The highest BCUT2D eigenvalue weighted by atomic mass is 32.0. The first-order valence-corrected chi connectivity index (χ1v) is 5.74. The molecule has 0 amide bonds. The topological polar surface area (TPSA) is 46.5 Å². The zero-order valence-corrected chi connectivity index (χ0v) is 7.99. The molecule has 0 rings (SSSR count). The highest BCUT2D eigenvalue weighted by molar-refractivity contribution is 8.00. The van der Waals surface area contributed by atoms with Crippen molar-refractivity contribution in [1.29, 1.82) is 0 Å². The Morgan fingerprint density at radius 2 is 2.50 bits per heavy atom. The summed E-state index contributed by atoms with van der Waals surface area (Å²) in [4.78, 5) is 10.4. The summed E-state index contributed by atoms with van der Waals surface area (Å²) in [5, 5.41) is 8.52. The number of aliphatic carboxylic acids is 1. The van der Waals surface area contributed by atoms with Crippen LogP contribution < -0.4 is 0 Å². The van der Waals surface area contributed by atoms with Crippen LogP contribution in [-0.4, -0.2) is 17.7 Å². The van der Waals surface area contributed by atoms with Gasteiger partial charge in [-0.2, -0.15) is 0 Å². The summed E-state index contributed by atoms with van der Waals surface area (Å²) in [6, 6.07) is 0. The van der Waals surface area contributed by atoms with Crippen LogP contribution in [0.3, 0.4) is 0 Å². The average Bonchev–Trinajstić information content (AvgIpc) is 1.89. The normalized spacial score (nSPS) is 14.2. The molecule has 10 heavy (non-hydrogen) atoms. The first-order chi connectivity index (χ1) is 4.72. The van der Waals surface area contributed by atoms with E-state index in [1.54, 1.807) is 0 Å². The van der Waals surface area contributed by atoms with Crippen molar-refractivity contribution in [2.24, 2.45) is 5.92 Å². The van der Waals surface area contributed by atoms with Gasteiger partial charge >= 0.3 is 5.97 Å². The molecule has 1 N–H and O–H groups in total. The van der Waals surface area contributed by atoms with Crippen molar-refractivity contribution < 1.29 is 14.4 Å². The Balaban J connectivity index is 3.50. The van der Waals surface area contributed by atoms with Crippen molar-refractivity contribution >= 4 is 23.4 Å². The molecule has 0 saturated heterocycles. The van der Waals surface area contributed by atoms with Gasteiger partial charge in [-0.15, -0.1) is 0 Å². The van der Waals surface area contributed by atoms with E-state index >= 15 is 0 Å². The number of carboxylic acids is 1. The van der Waals surface area contributed by atoms with Crippen molar-refractivity contribution in [3.63, 3.8) is 0 Å². The van der Waals surface area contributed by atoms with E-state index in [1.807, 2.05) is 6.92 Å². The number of hydrogen-bond donors (Lipinski definition) is 1. The van der Waals surface area contributed by atoms with Crippen LogP contribution in [0.1, 0.15) is 13.3 Å². The van der Waals surface area contributed by atoms with Crippen LogP contribution in [0.25, 0.3) is 0 Å². The van der Waals surface area contributed by atoms with E-state index in [0.29, 0.717) is 21.5 Å². The lowest BCUT2D eigenvalue weighted by Gasteiger charge is -2.07. The molecular weight excluding hydrogens is 170 g/mol. The van der Waals surface area contributed by atoms with Gasteiger partial charge in [0.15, 0.2) is 0 Å². The maximum atomic E-state index is 10.4. The van der Waals surface area contributed by atoms with Crippen LogP contribution in [0.4, 0.5) is 0 Å². The Morgan fingerprint density at radius 3 is 2.80 bits per heavy atom. The Labute approximate surface area is 64.5 Å². The Morgan fingerprint density at radius 1 is 1.90 bits per heavy atom. The first-order valence-electron chi connectivity index (χ1n) is 3.02. The van der Waals surface area contributed by atoms with Crippen LogP contribution >= 0.6 is 17.4 Å². The van der Waals surface area contributed by atoms with Gasteiger partial charge in [-0.25, -0.2) is 0 Å². The molecule has 0 spiro atoms. The molecule has 0 aromatic rings. The largest absolute Gasteiger partial charge is 0.481 e. The van der Waals surface area contributed by atoms with Crippen molar-refractivity contribution in [2.75, 3.05) is 6.61 Å². The Bertz CT molecular complexity index is 107. The zero-order chi connectivity index (χ0) is 7.98. The predicted octanol–water partition coefficient (Wildman–Crippen LogP) is 1.50. The van der Waals surface area contributed by atoms with Gasteiger partial charge in [0, 0.05) is 8.50 Å². The third-order valence-corrected chi connectivity index (χ3v) is 2.04. The summed E-state index contributed by atoms with van der Waals surface area (Å²) in [5.41, 5.74) is 0. The van der Waals surface area contributed by atoms with Crippen LogP contribution in [0, 0.1) is 5.92 Å². The summed E-state index contributed by atoms with van der Waals surface area (Å²) in [6.45, 7) is 2.17. The maximum Gasteiger partial charge on any atom is 0.308 e. The smallest absolute Gasteiger partial charge is 0.308 e. The van der Waals surface area contributed by atoms with Crippen LogP contribution in [0.2, 0.25) is 0 Å². The van der Waals surface area contributed by atoms with E-state index in [-0.39, 0.29) is 5.92 Å². The number of carboxylic acid groups (broad SMARTS) is 1. The molecule has 0 aliphatic heterocycles. The molecule has 3 unspecified atom stereocenters. The molecule has 0 aromatic carbocycles. The fourth-order valence-electron chi connectivity index (χ4n) is 0.512. The molecule has 5 heteroatoms. The quantitative estimate of drug-likeness (QED) is 0.655. The van der Waals surface area contributed by atoms with E-state index in [9.17, 15) is 4.79 Å². The molecule has 60 valence electrons. The van der Waals surface area contributed by atoms with Gasteiger partial charge in [0.05, 0.1) is 12.5 Å². The molecule has 0 bridgehead atoms. The fourth-order valence-corrected chi connectivity index (χ4v) is 1.10. The zero-order valence-electron chi connectivity index (χ0n) is 5.83. The van der Waals surface area contributed by atoms with Gasteiger partial charge in [0.2, 0.25) is 0 Å². The minimum absolute atomic E-state index is 0.300. The SMILES string of the molecule is CCC(COPP)C(=O)O. The lowest BCUT2D eigenvalue weighted by Crippen LogP contribution is -2.16. The second-order valence-electron chi connectivity index (χ2n) is 1.87. The number of hydrogen-bond acceptors (Lipinski definition) is 2. The van der Waals surface area contributed by atoms with Gasteiger partial charge in [-0.1, -0.05) is 15.9 Å².